The first kappa shape index (κ1) is 92.1. The van der Waals surface area contributed by atoms with Crippen LogP contribution in [0.25, 0.3) is 0 Å². The monoisotopic (exact) mass is 1380 g/mol. The van der Waals surface area contributed by atoms with E-state index in [1.807, 2.05) is 0 Å². The fraction of sp³-hybridized carbons (Fsp3) is 0.947. The van der Waals surface area contributed by atoms with Crippen LogP contribution in [0.4, 0.5) is 0 Å². The Morgan fingerprint density at radius 1 is 0.298 bits per heavy atom. The van der Waals surface area contributed by atoms with Crippen molar-refractivity contribution >= 4 is 39.5 Å². The molecule has 0 aliphatic rings. The number of ether oxygens (including phenoxy) is 4. The second kappa shape index (κ2) is 65.7. The molecule has 0 spiro atoms. The van der Waals surface area contributed by atoms with E-state index >= 15 is 0 Å². The van der Waals surface area contributed by atoms with Gasteiger partial charge in [0, 0.05) is 25.7 Å². The standard InChI is InChI=1S/C75H146O17P2/c1-8-12-13-14-15-16-17-18-22-25-28-34-42-49-56-72(77)85-62-70(91-74(79)58-51-44-35-29-26-23-20-19-21-24-27-32-39-46-53-66(5)9-2)64-89-93(81,82)87-60-69(76)61-88-94(83,84)90-65-71(63-86-73(78)57-50-43-38-37-41-48-55-68(7)11-4)92-75(80)59-52-45-36-31-30-33-40-47-54-67(6)10-3/h66-71,76H,8-65H2,1-7H3,(H,81,82)(H,83,84)/t66?,67?,68?,69-,70-,71-/m1/s1. The normalized spacial score (nSPS) is 15.0. The van der Waals surface area contributed by atoms with Gasteiger partial charge in [0.05, 0.1) is 26.4 Å². The first-order chi connectivity index (χ1) is 45.3. The lowest BCUT2D eigenvalue weighted by Crippen LogP contribution is -2.30. The summed E-state index contributed by atoms with van der Waals surface area (Å²) in [6, 6.07) is 0. The molecule has 0 amide bonds. The average molecular weight is 1380 g/mol. The van der Waals surface area contributed by atoms with E-state index in [0.29, 0.717) is 25.7 Å². The van der Waals surface area contributed by atoms with Crippen LogP contribution in [0.3, 0.4) is 0 Å². The third-order valence-electron chi connectivity index (χ3n) is 18.5. The number of phosphoric ester groups is 2. The predicted octanol–water partition coefficient (Wildman–Crippen LogP) is 21.8. The minimum Gasteiger partial charge on any atom is -0.462 e. The fourth-order valence-corrected chi connectivity index (χ4v) is 12.9. The molecule has 0 fully saturated rings. The van der Waals surface area contributed by atoms with Crippen LogP contribution in [-0.2, 0) is 65.4 Å². The summed E-state index contributed by atoms with van der Waals surface area (Å²) in [5, 5.41) is 10.6. The van der Waals surface area contributed by atoms with E-state index in [-0.39, 0.29) is 25.7 Å². The molecule has 0 radical (unpaired) electrons. The number of rotatable bonds is 73. The van der Waals surface area contributed by atoms with Crippen molar-refractivity contribution in [3.63, 3.8) is 0 Å². The lowest BCUT2D eigenvalue weighted by atomic mass is 9.99. The third-order valence-corrected chi connectivity index (χ3v) is 20.4. The van der Waals surface area contributed by atoms with Gasteiger partial charge in [0.1, 0.15) is 19.3 Å². The van der Waals surface area contributed by atoms with E-state index in [2.05, 4.69) is 48.5 Å². The highest BCUT2D eigenvalue weighted by Crippen LogP contribution is 2.45. The molecule has 0 saturated carbocycles. The molecule has 0 saturated heterocycles. The van der Waals surface area contributed by atoms with Crippen molar-refractivity contribution in [2.75, 3.05) is 39.6 Å². The van der Waals surface area contributed by atoms with E-state index in [4.69, 9.17) is 37.0 Å². The van der Waals surface area contributed by atoms with Gasteiger partial charge in [0.25, 0.3) is 0 Å². The van der Waals surface area contributed by atoms with E-state index in [1.54, 1.807) is 0 Å². The van der Waals surface area contributed by atoms with Crippen LogP contribution in [0.15, 0.2) is 0 Å². The first-order valence-corrected chi connectivity index (χ1v) is 42.0. The third kappa shape index (κ3) is 64.7. The van der Waals surface area contributed by atoms with Gasteiger partial charge in [-0.05, 0) is 43.4 Å². The van der Waals surface area contributed by atoms with Crippen LogP contribution in [0, 0.1) is 17.8 Å². The van der Waals surface area contributed by atoms with Gasteiger partial charge in [-0.2, -0.15) is 0 Å². The maximum atomic E-state index is 13.1. The Labute approximate surface area is 575 Å². The lowest BCUT2D eigenvalue weighted by molar-refractivity contribution is -0.161. The van der Waals surface area contributed by atoms with Gasteiger partial charge >= 0.3 is 39.5 Å². The van der Waals surface area contributed by atoms with Crippen molar-refractivity contribution in [3.8, 4) is 0 Å². The number of phosphoric acid groups is 2. The molecule has 5 unspecified atom stereocenters. The van der Waals surface area contributed by atoms with Crippen LogP contribution in [0.2, 0.25) is 0 Å². The summed E-state index contributed by atoms with van der Waals surface area (Å²) >= 11 is 0. The zero-order valence-electron chi connectivity index (χ0n) is 61.4. The molecule has 0 aliphatic carbocycles. The van der Waals surface area contributed by atoms with E-state index in [0.717, 1.165) is 114 Å². The molecule has 19 heteroatoms. The van der Waals surface area contributed by atoms with E-state index in [1.165, 1.54) is 186 Å². The van der Waals surface area contributed by atoms with E-state index in [9.17, 15) is 43.2 Å². The molecule has 0 heterocycles. The minimum absolute atomic E-state index is 0.104. The molecule has 0 rings (SSSR count). The molecule has 558 valence electrons. The van der Waals surface area contributed by atoms with Gasteiger partial charge in [-0.25, -0.2) is 9.13 Å². The summed E-state index contributed by atoms with van der Waals surface area (Å²) in [5.74, 6) is 0.226. The smallest absolute Gasteiger partial charge is 0.462 e. The lowest BCUT2D eigenvalue weighted by Gasteiger charge is -2.21. The van der Waals surface area contributed by atoms with Gasteiger partial charge in [-0.3, -0.25) is 37.3 Å². The zero-order valence-corrected chi connectivity index (χ0v) is 63.2. The molecule has 0 aromatic rings. The number of carbonyl (C=O) groups excluding carboxylic acids is 4. The minimum atomic E-state index is -4.96. The number of unbranched alkanes of at least 4 members (excludes halogenated alkanes) is 38. The molecular formula is C75H146O17P2. The summed E-state index contributed by atoms with van der Waals surface area (Å²) in [4.78, 5) is 72.8. The summed E-state index contributed by atoms with van der Waals surface area (Å²) in [6.45, 7) is 11.9. The molecule has 94 heavy (non-hydrogen) atoms. The van der Waals surface area contributed by atoms with Crippen LogP contribution in [0.1, 0.15) is 382 Å². The molecular weight excluding hydrogens is 1230 g/mol. The van der Waals surface area contributed by atoms with Gasteiger partial charge in [0.15, 0.2) is 12.2 Å². The Balaban J connectivity index is 5.25. The van der Waals surface area contributed by atoms with Gasteiger partial charge < -0.3 is 33.8 Å². The SMILES string of the molecule is CCCCCCCCCCCCCCCCC(=O)OC[C@H](COP(=O)(O)OC[C@@H](O)COP(=O)(O)OC[C@@H](COC(=O)CCCCCCCCC(C)CC)OC(=O)CCCCCCCCCCC(C)CC)OC(=O)CCCCCCCCCCCCCCCCC(C)CC. The Hall–Kier alpha value is -1.94. The molecule has 0 bridgehead atoms. The van der Waals surface area contributed by atoms with Crippen LogP contribution in [0.5, 0.6) is 0 Å². The van der Waals surface area contributed by atoms with Gasteiger partial charge in [-0.1, -0.05) is 331 Å². The Bertz CT molecular complexity index is 1840. The number of aliphatic hydroxyl groups is 1. The van der Waals surface area contributed by atoms with Crippen molar-refractivity contribution in [3.05, 3.63) is 0 Å². The Morgan fingerprint density at radius 3 is 0.755 bits per heavy atom. The highest BCUT2D eigenvalue weighted by molar-refractivity contribution is 7.47. The highest BCUT2D eigenvalue weighted by atomic mass is 31.2. The largest absolute Gasteiger partial charge is 0.472 e. The second-order valence-electron chi connectivity index (χ2n) is 27.8. The fourth-order valence-electron chi connectivity index (χ4n) is 11.3. The van der Waals surface area contributed by atoms with Crippen LogP contribution < -0.4 is 0 Å². The predicted molar refractivity (Wildman–Crippen MR) is 381 cm³/mol. The number of hydrogen-bond acceptors (Lipinski definition) is 15. The number of carbonyl (C=O) groups is 4. The summed E-state index contributed by atoms with van der Waals surface area (Å²) < 4.78 is 68.5. The Morgan fingerprint density at radius 2 is 0.511 bits per heavy atom. The highest BCUT2D eigenvalue weighted by Gasteiger charge is 2.30. The summed E-state index contributed by atoms with van der Waals surface area (Å²) in [7, 11) is -9.91. The quantitative estimate of drug-likeness (QED) is 0.0222. The van der Waals surface area contributed by atoms with Crippen LogP contribution in [-0.4, -0.2) is 96.7 Å². The number of hydrogen-bond donors (Lipinski definition) is 3. The van der Waals surface area contributed by atoms with Gasteiger partial charge in [0.2, 0.25) is 0 Å². The molecule has 17 nitrogen and oxygen atoms in total. The molecule has 0 aromatic carbocycles. The van der Waals surface area contributed by atoms with Crippen molar-refractivity contribution in [1.82, 2.24) is 0 Å². The number of aliphatic hydroxyl groups excluding tert-OH is 1. The second-order valence-corrected chi connectivity index (χ2v) is 30.7. The Kier molecular flexibility index (Phi) is 64.3. The molecule has 8 atom stereocenters. The van der Waals surface area contributed by atoms with Crippen LogP contribution >= 0.6 is 15.6 Å². The first-order valence-electron chi connectivity index (χ1n) is 39.0. The number of esters is 4. The average Bonchev–Trinajstić information content (AvgIpc) is 2.32. The molecule has 3 N–H and O–H groups in total. The maximum Gasteiger partial charge on any atom is 0.472 e. The van der Waals surface area contributed by atoms with Crippen molar-refractivity contribution < 1.29 is 80.2 Å². The van der Waals surface area contributed by atoms with Crippen molar-refractivity contribution in [2.45, 2.75) is 401 Å². The van der Waals surface area contributed by atoms with Gasteiger partial charge in [-0.15, -0.1) is 0 Å². The summed E-state index contributed by atoms with van der Waals surface area (Å²) in [5.41, 5.74) is 0. The summed E-state index contributed by atoms with van der Waals surface area (Å²) in [6.07, 6.45) is 51.2. The molecule has 0 aromatic heterocycles. The van der Waals surface area contributed by atoms with Crippen molar-refractivity contribution in [1.29, 1.82) is 0 Å². The molecule has 0 aliphatic heterocycles. The van der Waals surface area contributed by atoms with E-state index < -0.39 is 97.5 Å². The topological polar surface area (TPSA) is 237 Å². The maximum absolute atomic E-state index is 13.1. The zero-order chi connectivity index (χ0) is 69.4. The van der Waals surface area contributed by atoms with Crippen molar-refractivity contribution in [2.24, 2.45) is 17.8 Å².